The molecule has 3 rings (SSSR count). The lowest BCUT2D eigenvalue weighted by Gasteiger charge is -2.14. The summed E-state index contributed by atoms with van der Waals surface area (Å²) in [6.07, 6.45) is 1.06. The van der Waals surface area contributed by atoms with Crippen molar-refractivity contribution in [2.24, 2.45) is 5.10 Å². The number of aryl methyl sites for hydroxylation is 1. The van der Waals surface area contributed by atoms with Crippen molar-refractivity contribution in [3.05, 3.63) is 87.4 Å². The molecule has 0 aliphatic carbocycles. The molecular formula is C26H23BrN4O4. The molecule has 8 nitrogen and oxygen atoms in total. The number of ether oxygens (including phenoxy) is 2. The Kier molecular flexibility index (Phi) is 8.98. The predicted molar refractivity (Wildman–Crippen MR) is 136 cm³/mol. The fourth-order valence-corrected chi connectivity index (χ4v) is 3.64. The molecule has 0 radical (unpaired) electrons. The van der Waals surface area contributed by atoms with Crippen LogP contribution in [0.2, 0.25) is 0 Å². The van der Waals surface area contributed by atoms with Crippen molar-refractivity contribution < 1.29 is 19.1 Å². The van der Waals surface area contributed by atoms with Gasteiger partial charge in [-0.05, 0) is 58.7 Å². The molecule has 0 aromatic heterocycles. The van der Waals surface area contributed by atoms with Crippen LogP contribution in [0.5, 0.6) is 11.5 Å². The number of rotatable bonds is 9. The van der Waals surface area contributed by atoms with Crippen molar-refractivity contribution in [3.63, 3.8) is 0 Å². The van der Waals surface area contributed by atoms with Gasteiger partial charge in [-0.2, -0.15) is 10.4 Å². The summed E-state index contributed by atoms with van der Waals surface area (Å²) in [7, 11) is 1.51. The molecule has 9 heteroatoms. The summed E-state index contributed by atoms with van der Waals surface area (Å²) in [6, 6.07) is 20.0. The Hall–Kier alpha value is -4.16. The third-order valence-corrected chi connectivity index (χ3v) is 5.41. The lowest BCUT2D eigenvalue weighted by molar-refractivity contribution is -0.126. The first-order chi connectivity index (χ1) is 16.9. The van der Waals surface area contributed by atoms with Gasteiger partial charge in [-0.3, -0.25) is 9.59 Å². The number of nitrogens with one attached hydrogen (secondary N) is 2. The number of carbonyl (C=O) groups is 2. The largest absolute Gasteiger partial charge is 0.493 e. The Morgan fingerprint density at radius 1 is 1.11 bits per heavy atom. The fourth-order valence-electron chi connectivity index (χ4n) is 3.07. The minimum absolute atomic E-state index is 0.187. The molecule has 2 amide bonds. The molecule has 0 unspecified atom stereocenters. The molecule has 0 spiro atoms. The molecule has 2 N–H and O–H groups in total. The molecule has 178 valence electrons. The van der Waals surface area contributed by atoms with Crippen LogP contribution in [-0.4, -0.2) is 25.1 Å². The number of hydrogen-bond acceptors (Lipinski definition) is 6. The van der Waals surface area contributed by atoms with Gasteiger partial charge in [0.15, 0.2) is 11.5 Å². The standard InChI is InChI=1S/C26H23BrN4O4/c1-17-7-9-21(10-8-17)30-24(32)13-25(33)31-29-15-18-11-22(27)26(23(12-18)34-2)35-16-20-6-4-3-5-19(20)14-28/h3-12,15H,13,16H2,1-2H3,(H,30,32)(H,31,33). The summed E-state index contributed by atoms with van der Waals surface area (Å²) in [5.41, 5.74) is 5.95. The molecule has 3 aromatic rings. The highest BCUT2D eigenvalue weighted by Crippen LogP contribution is 2.37. The van der Waals surface area contributed by atoms with Gasteiger partial charge in [-0.1, -0.05) is 35.9 Å². The number of carbonyl (C=O) groups excluding carboxylic acids is 2. The highest BCUT2D eigenvalue weighted by molar-refractivity contribution is 9.10. The van der Waals surface area contributed by atoms with Crippen LogP contribution < -0.4 is 20.2 Å². The maximum Gasteiger partial charge on any atom is 0.249 e. The van der Waals surface area contributed by atoms with Crippen molar-refractivity contribution in [1.29, 1.82) is 5.26 Å². The normalized spacial score (nSPS) is 10.5. The van der Waals surface area contributed by atoms with Crippen molar-refractivity contribution in [3.8, 4) is 17.6 Å². The second kappa shape index (κ2) is 12.3. The van der Waals surface area contributed by atoms with E-state index in [9.17, 15) is 14.9 Å². The van der Waals surface area contributed by atoms with Gasteiger partial charge in [0.2, 0.25) is 11.8 Å². The van der Waals surface area contributed by atoms with Gasteiger partial charge in [0.1, 0.15) is 13.0 Å². The summed E-state index contributed by atoms with van der Waals surface area (Å²) in [6.45, 7) is 2.13. The number of methoxy groups -OCH3 is 1. The molecule has 0 aliphatic rings. The van der Waals surface area contributed by atoms with Gasteiger partial charge in [0.05, 0.1) is 29.4 Å². The lowest BCUT2D eigenvalue weighted by Crippen LogP contribution is -2.24. The smallest absolute Gasteiger partial charge is 0.249 e. The zero-order chi connectivity index (χ0) is 25.2. The molecule has 0 aliphatic heterocycles. The number of nitriles is 1. The van der Waals surface area contributed by atoms with Crippen molar-refractivity contribution in [2.45, 2.75) is 20.0 Å². The molecule has 3 aromatic carbocycles. The van der Waals surface area contributed by atoms with Gasteiger partial charge in [0, 0.05) is 11.3 Å². The van der Waals surface area contributed by atoms with E-state index in [-0.39, 0.29) is 13.0 Å². The highest BCUT2D eigenvalue weighted by Gasteiger charge is 2.13. The average Bonchev–Trinajstić information content (AvgIpc) is 2.84. The first-order valence-electron chi connectivity index (χ1n) is 10.6. The highest BCUT2D eigenvalue weighted by atomic mass is 79.9. The van der Waals surface area contributed by atoms with Crippen LogP contribution in [-0.2, 0) is 16.2 Å². The minimum Gasteiger partial charge on any atom is -0.493 e. The lowest BCUT2D eigenvalue weighted by atomic mass is 10.1. The van der Waals surface area contributed by atoms with E-state index in [1.54, 1.807) is 36.4 Å². The van der Waals surface area contributed by atoms with Crippen LogP contribution in [0, 0.1) is 18.3 Å². The molecule has 35 heavy (non-hydrogen) atoms. The molecule has 0 fully saturated rings. The van der Waals surface area contributed by atoms with E-state index in [0.29, 0.717) is 32.8 Å². The number of hydrazone groups is 1. The van der Waals surface area contributed by atoms with Gasteiger partial charge in [-0.15, -0.1) is 0 Å². The van der Waals surface area contributed by atoms with E-state index in [2.05, 4.69) is 37.8 Å². The summed E-state index contributed by atoms with van der Waals surface area (Å²) in [4.78, 5) is 24.1. The first kappa shape index (κ1) is 25.5. The first-order valence-corrected chi connectivity index (χ1v) is 11.4. The zero-order valence-electron chi connectivity index (χ0n) is 19.2. The molecule has 0 bridgehead atoms. The Labute approximate surface area is 211 Å². The molecular weight excluding hydrogens is 512 g/mol. The van der Waals surface area contributed by atoms with Gasteiger partial charge >= 0.3 is 0 Å². The number of benzene rings is 3. The van der Waals surface area contributed by atoms with E-state index in [0.717, 1.165) is 11.1 Å². The van der Waals surface area contributed by atoms with Gasteiger partial charge in [0.25, 0.3) is 0 Å². The number of hydrogen-bond donors (Lipinski definition) is 2. The minimum atomic E-state index is -0.548. The number of amides is 2. The van der Waals surface area contributed by atoms with Crippen molar-refractivity contribution >= 4 is 39.6 Å². The fraction of sp³-hybridized carbons (Fsp3) is 0.154. The Bertz CT molecular complexity index is 1280. The average molecular weight is 535 g/mol. The van der Waals surface area contributed by atoms with Gasteiger partial charge < -0.3 is 14.8 Å². The van der Waals surface area contributed by atoms with Crippen LogP contribution in [0.3, 0.4) is 0 Å². The number of nitrogens with zero attached hydrogens (tertiary/aromatic N) is 2. The molecule has 0 atom stereocenters. The second-order valence-electron chi connectivity index (χ2n) is 7.48. The topological polar surface area (TPSA) is 113 Å². The van der Waals surface area contributed by atoms with Crippen LogP contribution in [0.25, 0.3) is 0 Å². The van der Waals surface area contributed by atoms with Crippen LogP contribution in [0.1, 0.15) is 28.7 Å². The summed E-state index contributed by atoms with van der Waals surface area (Å²) in [5, 5.41) is 15.8. The van der Waals surface area contributed by atoms with Crippen LogP contribution in [0.15, 0.2) is 70.2 Å². The van der Waals surface area contributed by atoms with Gasteiger partial charge in [-0.25, -0.2) is 5.43 Å². The Morgan fingerprint density at radius 2 is 1.86 bits per heavy atom. The Morgan fingerprint density at radius 3 is 2.57 bits per heavy atom. The second-order valence-corrected chi connectivity index (χ2v) is 8.33. The van der Waals surface area contributed by atoms with Crippen molar-refractivity contribution in [2.75, 3.05) is 12.4 Å². The van der Waals surface area contributed by atoms with Crippen LogP contribution in [0.4, 0.5) is 5.69 Å². The zero-order valence-corrected chi connectivity index (χ0v) is 20.8. The quantitative estimate of drug-likeness (QED) is 0.235. The third-order valence-electron chi connectivity index (χ3n) is 4.82. The summed E-state index contributed by atoms with van der Waals surface area (Å²) < 4.78 is 11.9. The van der Waals surface area contributed by atoms with Crippen molar-refractivity contribution in [1.82, 2.24) is 5.43 Å². The summed E-state index contributed by atoms with van der Waals surface area (Å²) in [5.74, 6) is -0.0771. The molecule has 0 heterocycles. The maximum atomic E-state index is 12.0. The third kappa shape index (κ3) is 7.42. The number of halogens is 1. The monoisotopic (exact) mass is 534 g/mol. The van der Waals surface area contributed by atoms with E-state index < -0.39 is 11.8 Å². The molecule has 0 saturated carbocycles. The molecule has 0 saturated heterocycles. The van der Waals surface area contributed by atoms with E-state index in [4.69, 9.17) is 9.47 Å². The number of anilines is 1. The predicted octanol–water partition coefficient (Wildman–Crippen LogP) is 4.70. The van der Waals surface area contributed by atoms with E-state index >= 15 is 0 Å². The van der Waals surface area contributed by atoms with E-state index in [1.807, 2.05) is 31.2 Å². The maximum absolute atomic E-state index is 12.0. The van der Waals surface area contributed by atoms with E-state index in [1.165, 1.54) is 13.3 Å². The SMILES string of the molecule is COc1cc(C=NNC(=O)CC(=O)Nc2ccc(C)cc2)cc(Br)c1OCc1ccccc1C#N. The summed E-state index contributed by atoms with van der Waals surface area (Å²) >= 11 is 3.47. The Balaban J connectivity index is 1.58. The van der Waals surface area contributed by atoms with Crippen LogP contribution >= 0.6 is 15.9 Å².